The molecular weight excluding hydrogens is 340 g/mol. The van der Waals surface area contributed by atoms with Crippen molar-refractivity contribution in [3.8, 4) is 0 Å². The first-order valence-electron chi connectivity index (χ1n) is 10.0. The zero-order valence-electron chi connectivity index (χ0n) is 15.6. The second-order valence-corrected chi connectivity index (χ2v) is 7.76. The highest BCUT2D eigenvalue weighted by Crippen LogP contribution is 2.38. The lowest BCUT2D eigenvalue weighted by Gasteiger charge is -2.27. The van der Waals surface area contributed by atoms with E-state index in [1.807, 2.05) is 23.1 Å². The number of hydrogen-bond donors (Lipinski definition) is 0. The molecule has 142 valence electrons. The van der Waals surface area contributed by atoms with E-state index >= 15 is 0 Å². The molecule has 1 aromatic carbocycles. The Balaban J connectivity index is 1.32. The molecule has 2 heterocycles. The van der Waals surface area contributed by atoms with Crippen LogP contribution in [0.15, 0.2) is 36.4 Å². The van der Waals surface area contributed by atoms with E-state index in [1.165, 1.54) is 16.0 Å². The summed E-state index contributed by atoms with van der Waals surface area (Å²) in [6.45, 7) is 1.51. The van der Waals surface area contributed by atoms with Crippen molar-refractivity contribution in [3.63, 3.8) is 0 Å². The Morgan fingerprint density at radius 3 is 2.26 bits per heavy atom. The van der Waals surface area contributed by atoms with Crippen molar-refractivity contribution in [1.82, 2.24) is 9.80 Å². The van der Waals surface area contributed by atoms with Gasteiger partial charge in [-0.05, 0) is 30.4 Å². The average Bonchev–Trinajstić information content (AvgIpc) is 2.97. The van der Waals surface area contributed by atoms with Crippen molar-refractivity contribution in [2.24, 2.45) is 11.8 Å². The Bertz CT molecular complexity index is 747. The Hall–Kier alpha value is -2.43. The second kappa shape index (κ2) is 7.67. The molecule has 2 fully saturated rings. The normalized spacial score (nSPS) is 25.4. The highest BCUT2D eigenvalue weighted by Gasteiger charge is 2.47. The number of imide groups is 1. The van der Waals surface area contributed by atoms with Crippen molar-refractivity contribution >= 4 is 23.3 Å². The monoisotopic (exact) mass is 366 g/mol. The summed E-state index contributed by atoms with van der Waals surface area (Å²) in [5.74, 6) is -0.348. The fraction of sp³-hybridized carbons (Fsp3) is 0.500. The number of carbonyl (C=O) groups excluding carboxylic acids is 3. The van der Waals surface area contributed by atoms with Crippen molar-refractivity contribution in [1.29, 1.82) is 0 Å². The van der Waals surface area contributed by atoms with Gasteiger partial charge in [-0.15, -0.1) is 0 Å². The maximum Gasteiger partial charge on any atom is 0.233 e. The SMILES string of the molecule is O=C(CCN1C(=O)[C@@H]2CCCC[C@H]2C1=O)N1CC=C(c2ccccc2)CC1. The standard InChI is InChI=1S/C22H26N2O3/c25-20(23-13-10-17(11-14-23)16-6-2-1-3-7-16)12-15-24-21(26)18-8-4-5-9-19(18)22(24)27/h1-3,6-7,10,18-19H,4-5,8-9,11-15H2/t18-,19-/m1/s1. The van der Waals surface area contributed by atoms with Gasteiger partial charge in [0.2, 0.25) is 17.7 Å². The molecule has 5 nitrogen and oxygen atoms in total. The van der Waals surface area contributed by atoms with Gasteiger partial charge in [0, 0.05) is 26.1 Å². The van der Waals surface area contributed by atoms with Crippen LogP contribution in [0.4, 0.5) is 0 Å². The Labute approximate surface area is 160 Å². The van der Waals surface area contributed by atoms with Gasteiger partial charge in [0.15, 0.2) is 0 Å². The minimum absolute atomic E-state index is 0.0221. The molecule has 5 heteroatoms. The largest absolute Gasteiger partial charge is 0.339 e. The van der Waals surface area contributed by atoms with E-state index in [2.05, 4.69) is 18.2 Å². The summed E-state index contributed by atoms with van der Waals surface area (Å²) in [4.78, 5) is 40.8. The Kier molecular flexibility index (Phi) is 5.10. The highest BCUT2D eigenvalue weighted by molar-refractivity contribution is 6.05. The summed E-state index contributed by atoms with van der Waals surface area (Å²) in [5.41, 5.74) is 2.48. The predicted octanol–water partition coefficient (Wildman–Crippen LogP) is 2.87. The van der Waals surface area contributed by atoms with Gasteiger partial charge in [-0.25, -0.2) is 0 Å². The number of likely N-dealkylation sites (tertiary alicyclic amines) is 1. The van der Waals surface area contributed by atoms with Crippen LogP contribution in [0.2, 0.25) is 0 Å². The second-order valence-electron chi connectivity index (χ2n) is 7.76. The Morgan fingerprint density at radius 1 is 1.00 bits per heavy atom. The van der Waals surface area contributed by atoms with Crippen LogP contribution >= 0.6 is 0 Å². The average molecular weight is 366 g/mol. The van der Waals surface area contributed by atoms with Gasteiger partial charge in [-0.1, -0.05) is 49.2 Å². The van der Waals surface area contributed by atoms with Gasteiger partial charge in [-0.3, -0.25) is 19.3 Å². The highest BCUT2D eigenvalue weighted by atomic mass is 16.2. The summed E-state index contributed by atoms with van der Waals surface area (Å²) in [6.07, 6.45) is 6.86. The summed E-state index contributed by atoms with van der Waals surface area (Å²) in [5, 5.41) is 0. The molecule has 27 heavy (non-hydrogen) atoms. The molecule has 1 aliphatic carbocycles. The van der Waals surface area contributed by atoms with Crippen molar-refractivity contribution < 1.29 is 14.4 Å². The number of carbonyl (C=O) groups is 3. The first-order chi connectivity index (χ1) is 13.1. The van der Waals surface area contributed by atoms with Gasteiger partial charge in [0.1, 0.15) is 0 Å². The molecule has 2 aliphatic heterocycles. The summed E-state index contributed by atoms with van der Waals surface area (Å²) in [6, 6.07) is 10.2. The maximum absolute atomic E-state index is 12.6. The quantitative estimate of drug-likeness (QED) is 0.770. The lowest BCUT2D eigenvalue weighted by atomic mass is 9.81. The van der Waals surface area contributed by atoms with Gasteiger partial charge in [0.25, 0.3) is 0 Å². The third-order valence-electron chi connectivity index (χ3n) is 6.19. The van der Waals surface area contributed by atoms with E-state index in [-0.39, 0.29) is 42.5 Å². The van der Waals surface area contributed by atoms with E-state index in [0.717, 1.165) is 32.1 Å². The molecule has 0 N–H and O–H groups in total. The Morgan fingerprint density at radius 2 is 1.67 bits per heavy atom. The smallest absolute Gasteiger partial charge is 0.233 e. The van der Waals surface area contributed by atoms with Gasteiger partial charge in [0.05, 0.1) is 11.8 Å². The van der Waals surface area contributed by atoms with Crippen molar-refractivity contribution in [3.05, 3.63) is 42.0 Å². The summed E-state index contributed by atoms with van der Waals surface area (Å²) < 4.78 is 0. The fourth-order valence-corrected chi connectivity index (χ4v) is 4.63. The lowest BCUT2D eigenvalue weighted by Crippen LogP contribution is -2.39. The van der Waals surface area contributed by atoms with Crippen LogP contribution in [0.1, 0.15) is 44.1 Å². The van der Waals surface area contributed by atoms with Crippen LogP contribution in [-0.2, 0) is 14.4 Å². The molecule has 4 rings (SSSR count). The van der Waals surface area contributed by atoms with Crippen LogP contribution in [0.5, 0.6) is 0 Å². The molecule has 2 atom stereocenters. The molecule has 0 unspecified atom stereocenters. The molecule has 3 amide bonds. The van der Waals surface area contributed by atoms with Gasteiger partial charge in [-0.2, -0.15) is 0 Å². The minimum Gasteiger partial charge on any atom is -0.339 e. The van der Waals surface area contributed by atoms with Crippen LogP contribution < -0.4 is 0 Å². The summed E-state index contributed by atoms with van der Waals surface area (Å²) >= 11 is 0. The first kappa shape index (κ1) is 18.0. The van der Waals surface area contributed by atoms with Crippen LogP contribution in [0, 0.1) is 11.8 Å². The third-order valence-corrected chi connectivity index (χ3v) is 6.19. The molecule has 0 aromatic heterocycles. The number of hydrogen-bond acceptors (Lipinski definition) is 3. The van der Waals surface area contributed by atoms with Gasteiger partial charge >= 0.3 is 0 Å². The molecule has 1 saturated heterocycles. The maximum atomic E-state index is 12.6. The van der Waals surface area contributed by atoms with E-state index in [0.29, 0.717) is 13.1 Å². The molecular formula is C22H26N2O3. The zero-order chi connectivity index (χ0) is 18.8. The third kappa shape index (κ3) is 3.55. The van der Waals surface area contributed by atoms with Crippen molar-refractivity contribution in [2.45, 2.75) is 38.5 Å². The predicted molar refractivity (Wildman–Crippen MR) is 102 cm³/mol. The molecule has 0 bridgehead atoms. The topological polar surface area (TPSA) is 57.7 Å². The van der Waals surface area contributed by atoms with Crippen molar-refractivity contribution in [2.75, 3.05) is 19.6 Å². The van der Waals surface area contributed by atoms with E-state index in [9.17, 15) is 14.4 Å². The van der Waals surface area contributed by atoms with Gasteiger partial charge < -0.3 is 4.90 Å². The summed E-state index contributed by atoms with van der Waals surface area (Å²) in [7, 11) is 0. The van der Waals surface area contributed by atoms with Crippen LogP contribution in [-0.4, -0.2) is 47.2 Å². The number of nitrogens with zero attached hydrogens (tertiary/aromatic N) is 2. The number of fused-ring (bicyclic) bond motifs is 1. The number of benzene rings is 1. The molecule has 1 aromatic rings. The van der Waals surface area contributed by atoms with Crippen LogP contribution in [0.25, 0.3) is 5.57 Å². The molecule has 1 saturated carbocycles. The number of rotatable bonds is 4. The van der Waals surface area contributed by atoms with E-state index in [4.69, 9.17) is 0 Å². The molecule has 0 radical (unpaired) electrons. The lowest BCUT2D eigenvalue weighted by molar-refractivity contribution is -0.140. The number of amides is 3. The van der Waals surface area contributed by atoms with E-state index in [1.54, 1.807) is 0 Å². The zero-order valence-corrected chi connectivity index (χ0v) is 15.6. The fourth-order valence-electron chi connectivity index (χ4n) is 4.63. The molecule has 3 aliphatic rings. The van der Waals surface area contributed by atoms with Crippen LogP contribution in [0.3, 0.4) is 0 Å². The van der Waals surface area contributed by atoms with E-state index < -0.39 is 0 Å². The minimum atomic E-state index is -0.132. The molecule has 0 spiro atoms. The first-order valence-corrected chi connectivity index (χ1v) is 10.0.